The Bertz CT molecular complexity index is 406. The van der Waals surface area contributed by atoms with Gasteiger partial charge in [0, 0.05) is 25.3 Å². The van der Waals surface area contributed by atoms with E-state index < -0.39 is 12.0 Å². The first-order valence-corrected chi connectivity index (χ1v) is 6.35. The topological polar surface area (TPSA) is 52.6 Å². The molecular formula is C14H21FN2O2. The molecule has 0 amide bonds. The molecule has 0 aliphatic carbocycles. The molecule has 19 heavy (non-hydrogen) atoms. The van der Waals surface area contributed by atoms with Gasteiger partial charge in [-0.1, -0.05) is 13.8 Å². The van der Waals surface area contributed by atoms with Gasteiger partial charge in [-0.05, 0) is 30.7 Å². The van der Waals surface area contributed by atoms with Crippen molar-refractivity contribution in [1.29, 1.82) is 0 Å². The number of carboxylic acid groups (broad SMARTS) is 1. The van der Waals surface area contributed by atoms with Gasteiger partial charge in [-0.3, -0.25) is 4.79 Å². The summed E-state index contributed by atoms with van der Waals surface area (Å²) in [6.07, 6.45) is 0.487. The van der Waals surface area contributed by atoms with Crippen molar-refractivity contribution in [2.24, 2.45) is 0 Å². The zero-order valence-electron chi connectivity index (χ0n) is 11.6. The van der Waals surface area contributed by atoms with Crippen LogP contribution in [0.25, 0.3) is 0 Å². The molecular weight excluding hydrogens is 247 g/mol. The van der Waals surface area contributed by atoms with Crippen LogP contribution in [-0.4, -0.2) is 36.8 Å². The minimum atomic E-state index is -0.846. The zero-order valence-corrected chi connectivity index (χ0v) is 11.6. The highest BCUT2D eigenvalue weighted by Crippen LogP contribution is 2.13. The van der Waals surface area contributed by atoms with Crippen molar-refractivity contribution >= 4 is 11.7 Å². The summed E-state index contributed by atoms with van der Waals surface area (Å²) >= 11 is 0. The van der Waals surface area contributed by atoms with Crippen molar-refractivity contribution in [3.05, 3.63) is 30.1 Å². The maximum absolute atomic E-state index is 12.8. The molecule has 2 N–H and O–H groups in total. The van der Waals surface area contributed by atoms with E-state index in [0.29, 0.717) is 13.0 Å². The molecule has 0 bridgehead atoms. The van der Waals surface area contributed by atoms with Crippen LogP contribution in [0.15, 0.2) is 24.3 Å². The predicted octanol–water partition coefficient (Wildman–Crippen LogP) is 2.10. The maximum Gasteiger partial charge on any atom is 0.320 e. The Hall–Kier alpha value is -1.62. The first-order valence-electron chi connectivity index (χ1n) is 6.35. The van der Waals surface area contributed by atoms with Crippen LogP contribution >= 0.6 is 0 Å². The van der Waals surface area contributed by atoms with Crippen LogP contribution in [0.2, 0.25) is 0 Å². The van der Waals surface area contributed by atoms with Gasteiger partial charge in [0.15, 0.2) is 0 Å². The van der Waals surface area contributed by atoms with Crippen molar-refractivity contribution in [3.63, 3.8) is 0 Å². The van der Waals surface area contributed by atoms with E-state index in [-0.39, 0.29) is 11.9 Å². The predicted molar refractivity (Wildman–Crippen MR) is 74.0 cm³/mol. The van der Waals surface area contributed by atoms with Crippen molar-refractivity contribution in [3.8, 4) is 0 Å². The number of nitrogens with one attached hydrogen (secondary N) is 1. The van der Waals surface area contributed by atoms with Gasteiger partial charge in [0.05, 0.1) is 0 Å². The normalized spacial score (nSPS) is 12.5. The second-order valence-corrected chi connectivity index (χ2v) is 4.90. The Labute approximate surface area is 113 Å². The molecule has 5 heteroatoms. The average Bonchev–Trinajstić information content (AvgIpc) is 2.34. The Morgan fingerprint density at radius 3 is 2.42 bits per heavy atom. The summed E-state index contributed by atoms with van der Waals surface area (Å²) in [4.78, 5) is 13.0. The van der Waals surface area contributed by atoms with E-state index in [4.69, 9.17) is 5.11 Å². The largest absolute Gasteiger partial charge is 0.480 e. The van der Waals surface area contributed by atoms with Gasteiger partial charge < -0.3 is 15.3 Å². The van der Waals surface area contributed by atoms with Gasteiger partial charge in [0.25, 0.3) is 0 Å². The third-order valence-corrected chi connectivity index (χ3v) is 2.85. The van der Waals surface area contributed by atoms with Crippen molar-refractivity contribution < 1.29 is 14.3 Å². The van der Waals surface area contributed by atoms with Gasteiger partial charge in [0.2, 0.25) is 0 Å². The van der Waals surface area contributed by atoms with Crippen molar-refractivity contribution in [2.45, 2.75) is 32.4 Å². The molecule has 0 spiro atoms. The van der Waals surface area contributed by atoms with E-state index in [0.717, 1.165) is 5.69 Å². The maximum atomic E-state index is 12.8. The molecule has 1 aromatic carbocycles. The molecule has 0 saturated carbocycles. The lowest BCUT2D eigenvalue weighted by Gasteiger charge is -2.23. The van der Waals surface area contributed by atoms with E-state index >= 15 is 0 Å². The lowest BCUT2D eigenvalue weighted by Crippen LogP contribution is -2.42. The summed E-state index contributed by atoms with van der Waals surface area (Å²) in [6.45, 7) is 4.42. The van der Waals surface area contributed by atoms with Crippen molar-refractivity contribution in [2.75, 3.05) is 18.5 Å². The van der Waals surface area contributed by atoms with E-state index in [9.17, 15) is 9.18 Å². The fraction of sp³-hybridized carbons (Fsp3) is 0.500. The number of nitrogens with zero attached hydrogens (tertiary/aromatic N) is 1. The van der Waals surface area contributed by atoms with E-state index in [2.05, 4.69) is 5.32 Å². The van der Waals surface area contributed by atoms with Gasteiger partial charge in [-0.25, -0.2) is 4.39 Å². The molecule has 0 fully saturated rings. The molecule has 1 atom stereocenters. The molecule has 0 saturated heterocycles. The standard InChI is InChI=1S/C14H21FN2O2/c1-10(2)16-13(14(18)19)8-9-17(3)12-6-4-11(15)5-7-12/h4-7,10,13,16H,8-9H2,1-3H3,(H,18,19). The highest BCUT2D eigenvalue weighted by molar-refractivity contribution is 5.73. The van der Waals surface area contributed by atoms with Crippen molar-refractivity contribution in [1.82, 2.24) is 5.32 Å². The molecule has 0 heterocycles. The fourth-order valence-electron chi connectivity index (χ4n) is 1.83. The quantitative estimate of drug-likeness (QED) is 0.795. The molecule has 106 valence electrons. The summed E-state index contributed by atoms with van der Waals surface area (Å²) in [7, 11) is 1.86. The highest BCUT2D eigenvalue weighted by atomic mass is 19.1. The molecule has 0 aromatic heterocycles. The first kappa shape index (κ1) is 15.4. The lowest BCUT2D eigenvalue weighted by molar-refractivity contribution is -0.139. The van der Waals surface area contributed by atoms with E-state index in [1.54, 1.807) is 12.1 Å². The Kier molecular flexibility index (Phi) is 5.76. The number of carbonyl (C=O) groups is 1. The summed E-state index contributed by atoms with van der Waals surface area (Å²) in [6, 6.07) is 5.71. The minimum Gasteiger partial charge on any atom is -0.480 e. The Morgan fingerprint density at radius 1 is 1.37 bits per heavy atom. The smallest absolute Gasteiger partial charge is 0.320 e. The molecule has 0 radical (unpaired) electrons. The van der Waals surface area contributed by atoms with E-state index in [1.165, 1.54) is 12.1 Å². The number of aliphatic carboxylic acids is 1. The molecule has 1 unspecified atom stereocenters. The number of hydrogen-bond donors (Lipinski definition) is 2. The second kappa shape index (κ2) is 7.09. The number of hydrogen-bond acceptors (Lipinski definition) is 3. The monoisotopic (exact) mass is 268 g/mol. The van der Waals surface area contributed by atoms with Crippen LogP contribution in [-0.2, 0) is 4.79 Å². The number of halogens is 1. The highest BCUT2D eigenvalue weighted by Gasteiger charge is 2.18. The van der Waals surface area contributed by atoms with Crippen LogP contribution in [0, 0.1) is 5.82 Å². The van der Waals surface area contributed by atoms with Gasteiger partial charge in [0.1, 0.15) is 11.9 Å². The van der Waals surface area contributed by atoms with Gasteiger partial charge >= 0.3 is 5.97 Å². The third kappa shape index (κ3) is 5.26. The Morgan fingerprint density at radius 2 is 1.95 bits per heavy atom. The summed E-state index contributed by atoms with van der Waals surface area (Å²) < 4.78 is 12.8. The van der Waals surface area contributed by atoms with Crippen LogP contribution < -0.4 is 10.2 Å². The number of anilines is 1. The molecule has 4 nitrogen and oxygen atoms in total. The van der Waals surface area contributed by atoms with Gasteiger partial charge in [-0.15, -0.1) is 0 Å². The molecule has 1 rings (SSSR count). The molecule has 0 aliphatic rings. The lowest BCUT2D eigenvalue weighted by atomic mass is 10.1. The van der Waals surface area contributed by atoms with E-state index in [1.807, 2.05) is 25.8 Å². The SMILES string of the molecule is CC(C)NC(CCN(C)c1ccc(F)cc1)C(=O)O. The van der Waals surface area contributed by atoms with Crippen LogP contribution in [0.1, 0.15) is 20.3 Å². The average molecular weight is 268 g/mol. The number of carboxylic acids is 1. The van der Waals surface area contributed by atoms with Gasteiger partial charge in [-0.2, -0.15) is 0 Å². The zero-order chi connectivity index (χ0) is 14.4. The molecule has 1 aromatic rings. The number of rotatable bonds is 7. The number of benzene rings is 1. The summed E-state index contributed by atoms with van der Waals surface area (Å²) in [5.74, 6) is -1.12. The molecule has 0 aliphatic heterocycles. The minimum absolute atomic E-state index is 0.122. The Balaban J connectivity index is 2.54. The van der Waals surface area contributed by atoms with Crippen LogP contribution in [0.3, 0.4) is 0 Å². The summed E-state index contributed by atoms with van der Waals surface area (Å²) in [5.41, 5.74) is 0.870. The fourth-order valence-corrected chi connectivity index (χ4v) is 1.83. The third-order valence-electron chi connectivity index (χ3n) is 2.85. The van der Waals surface area contributed by atoms with Crippen LogP contribution in [0.5, 0.6) is 0 Å². The first-order chi connectivity index (χ1) is 8.90. The summed E-state index contributed by atoms with van der Waals surface area (Å²) in [5, 5.41) is 12.1. The van der Waals surface area contributed by atoms with Crippen LogP contribution in [0.4, 0.5) is 10.1 Å². The second-order valence-electron chi connectivity index (χ2n) is 4.90.